The zero-order valence-electron chi connectivity index (χ0n) is 17.3. The van der Waals surface area contributed by atoms with Crippen LogP contribution in [0.1, 0.15) is 35.7 Å². The number of hydrogen-bond donors (Lipinski definition) is 1. The lowest BCUT2D eigenvalue weighted by Crippen LogP contribution is -2.46. The van der Waals surface area contributed by atoms with Crippen LogP contribution in [0.4, 0.5) is 9.18 Å². The lowest BCUT2D eigenvalue weighted by Gasteiger charge is -2.32. The van der Waals surface area contributed by atoms with E-state index in [0.29, 0.717) is 42.8 Å². The van der Waals surface area contributed by atoms with Gasteiger partial charge in [0.1, 0.15) is 11.6 Å². The van der Waals surface area contributed by atoms with Crippen molar-refractivity contribution in [1.82, 2.24) is 10.2 Å². The van der Waals surface area contributed by atoms with Gasteiger partial charge in [-0.3, -0.25) is 9.59 Å². The van der Waals surface area contributed by atoms with E-state index in [1.54, 1.807) is 54.3 Å². The first-order valence-corrected chi connectivity index (χ1v) is 10.2. The van der Waals surface area contributed by atoms with Gasteiger partial charge in [-0.2, -0.15) is 0 Å². The first-order valence-electron chi connectivity index (χ1n) is 10.2. The summed E-state index contributed by atoms with van der Waals surface area (Å²) in [5, 5.41) is 2.93. The summed E-state index contributed by atoms with van der Waals surface area (Å²) in [6.07, 6.45) is 0.449. The van der Waals surface area contributed by atoms with Crippen LogP contribution in [-0.2, 0) is 16.0 Å². The zero-order valence-corrected chi connectivity index (χ0v) is 17.3. The first kappa shape index (κ1) is 22.3. The monoisotopic (exact) mass is 428 g/mol. The molecule has 0 saturated carbocycles. The van der Waals surface area contributed by atoms with E-state index in [2.05, 4.69) is 5.32 Å². The van der Waals surface area contributed by atoms with Crippen molar-refractivity contribution in [3.63, 3.8) is 0 Å². The van der Waals surface area contributed by atoms with Gasteiger partial charge in [0.25, 0.3) is 5.91 Å². The molecule has 0 aliphatic carbocycles. The SMILES string of the molecule is CCOC(=O)Oc1ccc(C(=O)N2CCC(NC(=O)Cc3ccccc3F)CC2)cc1. The first-order chi connectivity index (χ1) is 15.0. The molecule has 1 heterocycles. The predicted molar refractivity (Wildman–Crippen MR) is 111 cm³/mol. The lowest BCUT2D eigenvalue weighted by molar-refractivity contribution is -0.121. The second-order valence-corrected chi connectivity index (χ2v) is 7.21. The maximum atomic E-state index is 13.7. The van der Waals surface area contributed by atoms with E-state index >= 15 is 0 Å². The number of amides is 2. The number of carbonyl (C=O) groups is 3. The Balaban J connectivity index is 1.46. The van der Waals surface area contributed by atoms with Crippen LogP contribution in [0.15, 0.2) is 48.5 Å². The van der Waals surface area contributed by atoms with Gasteiger partial charge in [0.05, 0.1) is 13.0 Å². The predicted octanol–water partition coefficient (Wildman–Crippen LogP) is 3.32. The van der Waals surface area contributed by atoms with Gasteiger partial charge in [0.2, 0.25) is 5.91 Å². The highest BCUT2D eigenvalue weighted by molar-refractivity contribution is 5.94. The van der Waals surface area contributed by atoms with E-state index in [9.17, 15) is 18.8 Å². The molecule has 164 valence electrons. The van der Waals surface area contributed by atoms with Crippen molar-refractivity contribution in [3.05, 3.63) is 65.5 Å². The molecule has 0 bridgehead atoms. The van der Waals surface area contributed by atoms with Crippen LogP contribution in [0.3, 0.4) is 0 Å². The summed E-state index contributed by atoms with van der Waals surface area (Å²) in [4.78, 5) is 38.0. The van der Waals surface area contributed by atoms with E-state index < -0.39 is 12.0 Å². The minimum Gasteiger partial charge on any atom is -0.434 e. The van der Waals surface area contributed by atoms with Gasteiger partial charge in [-0.05, 0) is 55.7 Å². The van der Waals surface area contributed by atoms with E-state index in [0.717, 1.165) is 0 Å². The molecular formula is C23H25FN2O5. The highest BCUT2D eigenvalue weighted by Crippen LogP contribution is 2.18. The van der Waals surface area contributed by atoms with Gasteiger partial charge in [0.15, 0.2) is 0 Å². The molecule has 3 rings (SSSR count). The number of halogens is 1. The fourth-order valence-corrected chi connectivity index (χ4v) is 3.41. The molecule has 1 fully saturated rings. The number of benzene rings is 2. The van der Waals surface area contributed by atoms with Crippen LogP contribution in [0.25, 0.3) is 0 Å². The van der Waals surface area contributed by atoms with Crippen LogP contribution in [0.2, 0.25) is 0 Å². The summed E-state index contributed by atoms with van der Waals surface area (Å²) in [5.74, 6) is -0.450. The maximum absolute atomic E-state index is 13.7. The van der Waals surface area contributed by atoms with Crippen LogP contribution < -0.4 is 10.1 Å². The van der Waals surface area contributed by atoms with Crippen molar-refractivity contribution in [2.24, 2.45) is 0 Å². The van der Waals surface area contributed by atoms with Gasteiger partial charge in [0, 0.05) is 24.7 Å². The number of carbonyl (C=O) groups excluding carboxylic acids is 3. The van der Waals surface area contributed by atoms with Gasteiger partial charge in [-0.1, -0.05) is 18.2 Å². The Labute approximate surface area is 180 Å². The molecule has 0 aromatic heterocycles. The third kappa shape index (κ3) is 6.28. The summed E-state index contributed by atoms with van der Waals surface area (Å²) >= 11 is 0. The number of hydrogen-bond acceptors (Lipinski definition) is 5. The summed E-state index contributed by atoms with van der Waals surface area (Å²) in [7, 11) is 0. The molecule has 0 radical (unpaired) electrons. The van der Waals surface area contributed by atoms with Gasteiger partial charge < -0.3 is 19.7 Å². The standard InChI is InChI=1S/C23H25FN2O5/c1-2-30-23(29)31-19-9-7-16(8-10-19)22(28)26-13-11-18(12-14-26)25-21(27)15-17-5-3-4-6-20(17)24/h3-10,18H,2,11-15H2,1H3,(H,25,27). The average Bonchev–Trinajstić information content (AvgIpc) is 2.76. The average molecular weight is 428 g/mol. The Hall–Kier alpha value is -3.42. The van der Waals surface area contributed by atoms with Crippen molar-refractivity contribution in [3.8, 4) is 5.75 Å². The normalized spacial score (nSPS) is 14.1. The van der Waals surface area contributed by atoms with Crippen molar-refractivity contribution in [1.29, 1.82) is 0 Å². The largest absolute Gasteiger partial charge is 0.513 e. The Morgan fingerprint density at radius 1 is 1.06 bits per heavy atom. The number of rotatable bonds is 6. The lowest BCUT2D eigenvalue weighted by atomic mass is 10.0. The molecule has 0 unspecified atom stereocenters. The van der Waals surface area contributed by atoms with Crippen LogP contribution in [-0.4, -0.2) is 48.6 Å². The van der Waals surface area contributed by atoms with Crippen LogP contribution in [0.5, 0.6) is 5.75 Å². The third-order valence-electron chi connectivity index (χ3n) is 5.02. The Bertz CT molecular complexity index is 924. The second-order valence-electron chi connectivity index (χ2n) is 7.21. The molecule has 1 aliphatic heterocycles. The number of ether oxygens (including phenoxy) is 2. The van der Waals surface area contributed by atoms with Crippen molar-refractivity contribution < 1.29 is 28.2 Å². The quantitative estimate of drug-likeness (QED) is 0.564. The van der Waals surface area contributed by atoms with E-state index in [-0.39, 0.29) is 30.9 Å². The number of piperidine rings is 1. The van der Waals surface area contributed by atoms with Gasteiger partial charge >= 0.3 is 6.16 Å². The smallest absolute Gasteiger partial charge is 0.434 e. The Morgan fingerprint density at radius 2 is 1.74 bits per heavy atom. The molecular weight excluding hydrogens is 403 g/mol. The highest BCUT2D eigenvalue weighted by Gasteiger charge is 2.25. The fraction of sp³-hybridized carbons (Fsp3) is 0.348. The molecule has 2 aromatic rings. The minimum atomic E-state index is -0.791. The van der Waals surface area contributed by atoms with Crippen LogP contribution >= 0.6 is 0 Å². The van der Waals surface area contributed by atoms with Gasteiger partial charge in [-0.25, -0.2) is 9.18 Å². The highest BCUT2D eigenvalue weighted by atomic mass is 19.1. The minimum absolute atomic E-state index is 0.00790. The number of nitrogens with zero attached hydrogens (tertiary/aromatic N) is 1. The summed E-state index contributed by atoms with van der Waals surface area (Å²) in [6, 6.07) is 12.4. The van der Waals surface area contributed by atoms with Crippen molar-refractivity contribution >= 4 is 18.0 Å². The molecule has 1 aliphatic rings. The zero-order chi connectivity index (χ0) is 22.2. The molecule has 7 nitrogen and oxygen atoms in total. The van der Waals surface area contributed by atoms with E-state index in [4.69, 9.17) is 9.47 Å². The molecule has 2 aromatic carbocycles. The molecule has 1 saturated heterocycles. The number of likely N-dealkylation sites (tertiary alicyclic amines) is 1. The van der Waals surface area contributed by atoms with Gasteiger partial charge in [-0.15, -0.1) is 0 Å². The molecule has 1 N–H and O–H groups in total. The Kier molecular flexibility index (Phi) is 7.59. The van der Waals surface area contributed by atoms with E-state index in [1.165, 1.54) is 6.07 Å². The Morgan fingerprint density at radius 3 is 2.39 bits per heavy atom. The molecule has 8 heteroatoms. The molecule has 2 amide bonds. The molecule has 0 atom stereocenters. The molecule has 0 spiro atoms. The van der Waals surface area contributed by atoms with Crippen molar-refractivity contribution in [2.45, 2.75) is 32.2 Å². The topological polar surface area (TPSA) is 84.9 Å². The third-order valence-corrected chi connectivity index (χ3v) is 5.02. The van der Waals surface area contributed by atoms with Crippen LogP contribution in [0, 0.1) is 5.82 Å². The summed E-state index contributed by atoms with van der Waals surface area (Å²) in [6.45, 7) is 2.91. The van der Waals surface area contributed by atoms with Crippen molar-refractivity contribution in [2.75, 3.05) is 19.7 Å². The summed E-state index contributed by atoms with van der Waals surface area (Å²) < 4.78 is 23.4. The number of nitrogens with one attached hydrogen (secondary N) is 1. The fourth-order valence-electron chi connectivity index (χ4n) is 3.41. The molecule has 31 heavy (non-hydrogen) atoms. The summed E-state index contributed by atoms with van der Waals surface area (Å²) in [5.41, 5.74) is 0.848. The van der Waals surface area contributed by atoms with E-state index in [1.807, 2.05) is 0 Å². The second kappa shape index (κ2) is 10.6. The maximum Gasteiger partial charge on any atom is 0.513 e.